The smallest absolute Gasteiger partial charge is 0.380 e. The van der Waals surface area contributed by atoms with Crippen molar-refractivity contribution in [2.75, 3.05) is 0 Å². The number of halogens is 5. The van der Waals surface area contributed by atoms with Crippen molar-refractivity contribution in [1.82, 2.24) is 0 Å². The molecule has 1 N–H and O–H groups in total. The molecule has 0 aliphatic carbocycles. The van der Waals surface area contributed by atoms with Crippen molar-refractivity contribution in [3.05, 3.63) is 28.4 Å². The number of hydrogen-bond acceptors (Lipinski definition) is 3. The summed E-state index contributed by atoms with van der Waals surface area (Å²) in [5.41, 5.74) is -2.32. The van der Waals surface area contributed by atoms with Gasteiger partial charge in [0.05, 0.1) is 5.56 Å². The molecule has 0 spiro atoms. The molecule has 0 aromatic heterocycles. The molecule has 0 atom stereocenters. The normalized spacial score (nSPS) is 12.1. The van der Waals surface area contributed by atoms with Crippen LogP contribution >= 0.6 is 67.8 Å². The SMILES string of the molecule is CC(C)(OC(=O)c1c(I)cc(I)cc1I)C(F)(F)C(=O)O. The first-order chi connectivity index (χ1) is 9.40. The van der Waals surface area contributed by atoms with E-state index in [0.717, 1.165) is 17.4 Å². The second kappa shape index (κ2) is 6.76. The van der Waals surface area contributed by atoms with Crippen LogP contribution in [0.15, 0.2) is 12.1 Å². The maximum Gasteiger partial charge on any atom is 0.380 e. The van der Waals surface area contributed by atoms with Crippen LogP contribution in [0.4, 0.5) is 8.78 Å². The van der Waals surface area contributed by atoms with Crippen molar-refractivity contribution in [3.63, 3.8) is 0 Å². The van der Waals surface area contributed by atoms with E-state index < -0.39 is 23.5 Å². The highest BCUT2D eigenvalue weighted by Crippen LogP contribution is 2.34. The summed E-state index contributed by atoms with van der Waals surface area (Å²) in [5.74, 6) is -7.51. The van der Waals surface area contributed by atoms with Crippen LogP contribution in [-0.4, -0.2) is 28.6 Å². The standard InChI is InChI=1S/C12H9F2I3O4/c1-11(2,12(13,14)10(19)20)21-9(18)8-6(16)3-5(15)4-7(8)17/h3-4H,1-2H3,(H,19,20). The summed E-state index contributed by atoms with van der Waals surface area (Å²) in [5, 5.41) is 8.56. The highest BCUT2D eigenvalue weighted by Gasteiger charge is 2.57. The molecular formula is C12H9F2I3O4. The van der Waals surface area contributed by atoms with Gasteiger partial charge in [0.15, 0.2) is 5.60 Å². The number of carbonyl (C=O) groups is 2. The summed E-state index contributed by atoms with van der Waals surface area (Å²) < 4.78 is 33.9. The Morgan fingerprint density at radius 1 is 1.14 bits per heavy atom. The number of carboxylic acid groups (broad SMARTS) is 1. The van der Waals surface area contributed by atoms with Gasteiger partial charge in [-0.2, -0.15) is 8.78 Å². The first-order valence-electron chi connectivity index (χ1n) is 5.39. The number of carboxylic acids is 1. The van der Waals surface area contributed by atoms with Gasteiger partial charge < -0.3 is 9.84 Å². The number of ether oxygens (including phenoxy) is 1. The first-order valence-corrected chi connectivity index (χ1v) is 8.63. The Hall–Kier alpha value is 0.210. The summed E-state index contributed by atoms with van der Waals surface area (Å²) in [6.07, 6.45) is 0. The van der Waals surface area contributed by atoms with E-state index in [2.05, 4.69) is 22.6 Å². The third-order valence-corrected chi connectivity index (χ3v) is 4.91. The number of rotatable bonds is 4. The minimum Gasteiger partial charge on any atom is -0.477 e. The minimum atomic E-state index is -4.19. The van der Waals surface area contributed by atoms with Crippen LogP contribution in [0.5, 0.6) is 0 Å². The van der Waals surface area contributed by atoms with Crippen molar-refractivity contribution in [3.8, 4) is 0 Å². The molecule has 116 valence electrons. The van der Waals surface area contributed by atoms with Crippen molar-refractivity contribution in [2.24, 2.45) is 0 Å². The van der Waals surface area contributed by atoms with Crippen LogP contribution in [0.2, 0.25) is 0 Å². The van der Waals surface area contributed by atoms with Crippen molar-refractivity contribution < 1.29 is 28.2 Å². The number of benzene rings is 1. The van der Waals surface area contributed by atoms with E-state index in [0.29, 0.717) is 7.14 Å². The van der Waals surface area contributed by atoms with Gasteiger partial charge in [0.25, 0.3) is 0 Å². The molecule has 0 fully saturated rings. The lowest BCUT2D eigenvalue weighted by atomic mass is 10.0. The number of esters is 1. The summed E-state index contributed by atoms with van der Waals surface area (Å²) in [6, 6.07) is 3.39. The molecule has 0 aliphatic heterocycles. The quantitative estimate of drug-likeness (QED) is 0.399. The molecule has 0 amide bonds. The van der Waals surface area contributed by atoms with E-state index in [1.54, 1.807) is 12.1 Å². The zero-order valence-electron chi connectivity index (χ0n) is 10.7. The average Bonchev–Trinajstić information content (AvgIpc) is 2.25. The predicted molar refractivity (Wildman–Crippen MR) is 96.7 cm³/mol. The Kier molecular flexibility index (Phi) is 6.20. The molecule has 1 aromatic rings. The molecule has 0 heterocycles. The molecule has 0 unspecified atom stereocenters. The minimum absolute atomic E-state index is 0.144. The summed E-state index contributed by atoms with van der Waals surface area (Å²) in [4.78, 5) is 22.7. The van der Waals surface area contributed by atoms with E-state index in [4.69, 9.17) is 9.84 Å². The fraction of sp³-hybridized carbons (Fsp3) is 0.333. The van der Waals surface area contributed by atoms with E-state index in [1.807, 2.05) is 45.2 Å². The maximum absolute atomic E-state index is 13.6. The lowest BCUT2D eigenvalue weighted by Crippen LogP contribution is -2.52. The topological polar surface area (TPSA) is 63.6 Å². The highest BCUT2D eigenvalue weighted by molar-refractivity contribution is 14.1. The Morgan fingerprint density at radius 3 is 1.95 bits per heavy atom. The largest absolute Gasteiger partial charge is 0.477 e. The van der Waals surface area contributed by atoms with E-state index in [-0.39, 0.29) is 5.56 Å². The number of alkyl halides is 2. The Morgan fingerprint density at radius 2 is 1.57 bits per heavy atom. The molecule has 0 radical (unpaired) electrons. The van der Waals surface area contributed by atoms with Gasteiger partial charge in [-0.15, -0.1) is 0 Å². The van der Waals surface area contributed by atoms with Crippen LogP contribution in [0.3, 0.4) is 0 Å². The molecular weight excluding hydrogens is 627 g/mol. The first kappa shape index (κ1) is 19.3. The van der Waals surface area contributed by atoms with Crippen LogP contribution < -0.4 is 0 Å². The fourth-order valence-electron chi connectivity index (χ4n) is 1.34. The monoisotopic (exact) mass is 636 g/mol. The van der Waals surface area contributed by atoms with Gasteiger partial charge in [-0.3, -0.25) is 0 Å². The number of carbonyl (C=O) groups excluding carboxylic acids is 1. The van der Waals surface area contributed by atoms with E-state index in [1.165, 1.54) is 0 Å². The Labute approximate surface area is 160 Å². The van der Waals surface area contributed by atoms with Crippen LogP contribution in [0, 0.1) is 10.7 Å². The van der Waals surface area contributed by atoms with Gasteiger partial charge in [-0.05, 0) is 93.8 Å². The summed E-state index contributed by atoms with van der Waals surface area (Å²) in [7, 11) is 0. The zero-order valence-corrected chi connectivity index (χ0v) is 17.2. The third-order valence-electron chi connectivity index (χ3n) is 2.58. The van der Waals surface area contributed by atoms with Gasteiger partial charge in [0, 0.05) is 10.7 Å². The average molecular weight is 636 g/mol. The predicted octanol–water partition coefficient (Wildman–Crippen LogP) is 4.16. The second-order valence-corrected chi connectivity index (χ2v) is 8.09. The molecule has 0 saturated heterocycles. The van der Waals surface area contributed by atoms with E-state index in [9.17, 15) is 18.4 Å². The van der Waals surface area contributed by atoms with Gasteiger partial charge in [0.2, 0.25) is 0 Å². The molecule has 4 nitrogen and oxygen atoms in total. The Bertz CT molecular complexity index is 579. The van der Waals surface area contributed by atoms with Crippen LogP contribution in [0.25, 0.3) is 0 Å². The number of hydrogen-bond donors (Lipinski definition) is 1. The van der Waals surface area contributed by atoms with Gasteiger partial charge >= 0.3 is 17.9 Å². The van der Waals surface area contributed by atoms with Crippen LogP contribution in [0.1, 0.15) is 24.2 Å². The molecule has 0 bridgehead atoms. The maximum atomic E-state index is 13.6. The van der Waals surface area contributed by atoms with Gasteiger partial charge in [0.1, 0.15) is 0 Å². The molecule has 21 heavy (non-hydrogen) atoms. The molecule has 9 heteroatoms. The van der Waals surface area contributed by atoms with Crippen molar-refractivity contribution in [1.29, 1.82) is 0 Å². The highest BCUT2D eigenvalue weighted by atomic mass is 127. The summed E-state index contributed by atoms with van der Waals surface area (Å²) in [6.45, 7) is 1.73. The van der Waals surface area contributed by atoms with Crippen LogP contribution in [-0.2, 0) is 9.53 Å². The second-order valence-electron chi connectivity index (χ2n) is 4.52. The van der Waals surface area contributed by atoms with Crippen molar-refractivity contribution in [2.45, 2.75) is 25.4 Å². The molecule has 1 rings (SSSR count). The Balaban J connectivity index is 3.15. The lowest BCUT2D eigenvalue weighted by molar-refractivity contribution is -0.200. The van der Waals surface area contributed by atoms with Gasteiger partial charge in [-0.1, -0.05) is 0 Å². The number of aliphatic carboxylic acids is 1. The lowest BCUT2D eigenvalue weighted by Gasteiger charge is -2.30. The molecule has 1 aromatic carbocycles. The fourth-order valence-corrected chi connectivity index (χ4v) is 5.36. The molecule has 0 saturated carbocycles. The van der Waals surface area contributed by atoms with Gasteiger partial charge in [-0.25, -0.2) is 9.59 Å². The van der Waals surface area contributed by atoms with Crippen molar-refractivity contribution >= 4 is 79.7 Å². The van der Waals surface area contributed by atoms with E-state index >= 15 is 0 Å². The summed E-state index contributed by atoms with van der Waals surface area (Å²) >= 11 is 5.86. The zero-order chi connectivity index (χ0) is 16.6. The third kappa shape index (κ3) is 4.14. The molecule has 0 aliphatic rings.